The summed E-state index contributed by atoms with van der Waals surface area (Å²) in [5, 5.41) is 4.60. The van der Waals surface area contributed by atoms with Crippen LogP contribution in [-0.4, -0.2) is 10.1 Å². The van der Waals surface area contributed by atoms with E-state index in [1.54, 1.807) is 48.5 Å². The van der Waals surface area contributed by atoms with E-state index in [9.17, 15) is 8.78 Å². The monoisotopic (exact) mass is 398 g/mol. The number of rotatable bonds is 5. The van der Waals surface area contributed by atoms with Gasteiger partial charge in [0.05, 0.1) is 0 Å². The van der Waals surface area contributed by atoms with Gasteiger partial charge in [-0.1, -0.05) is 28.9 Å². The van der Waals surface area contributed by atoms with Crippen molar-refractivity contribution in [3.05, 3.63) is 89.0 Å². The number of benzene rings is 3. The third-order valence-corrected chi connectivity index (χ3v) is 4.31. The summed E-state index contributed by atoms with van der Waals surface area (Å²) < 4.78 is 37.7. The van der Waals surface area contributed by atoms with Gasteiger partial charge in [0.2, 0.25) is 5.82 Å². The molecule has 0 radical (unpaired) electrons. The van der Waals surface area contributed by atoms with Gasteiger partial charge in [0, 0.05) is 21.7 Å². The van der Waals surface area contributed by atoms with Crippen LogP contribution in [0.1, 0.15) is 5.56 Å². The van der Waals surface area contributed by atoms with Gasteiger partial charge in [-0.15, -0.1) is 0 Å². The van der Waals surface area contributed by atoms with E-state index >= 15 is 0 Å². The molecule has 3 aromatic carbocycles. The molecule has 4 rings (SSSR count). The van der Waals surface area contributed by atoms with Crippen LogP contribution < -0.4 is 4.74 Å². The van der Waals surface area contributed by atoms with E-state index < -0.39 is 11.6 Å². The van der Waals surface area contributed by atoms with Crippen molar-refractivity contribution in [1.82, 2.24) is 10.1 Å². The zero-order chi connectivity index (χ0) is 19.5. The quantitative estimate of drug-likeness (QED) is 0.419. The molecule has 0 N–H and O–H groups in total. The molecule has 0 aliphatic carbocycles. The first-order chi connectivity index (χ1) is 13.6. The van der Waals surface area contributed by atoms with Gasteiger partial charge < -0.3 is 9.26 Å². The summed E-state index contributed by atoms with van der Waals surface area (Å²) in [5.74, 6) is -0.485. The standard InChI is InChI=1S/C21H13ClF2N2O2/c22-16-8-4-14(5-9-16)21-25-20(26-28-21)13-6-10-17(11-7-13)27-12-15-2-1-3-18(23)19(15)24/h1-11H,12H2. The fourth-order valence-electron chi connectivity index (χ4n) is 2.57. The average molecular weight is 399 g/mol. The highest BCUT2D eigenvalue weighted by Crippen LogP contribution is 2.25. The Kier molecular flexibility index (Phi) is 5.04. The van der Waals surface area contributed by atoms with Crippen molar-refractivity contribution < 1.29 is 18.0 Å². The van der Waals surface area contributed by atoms with Crippen LogP contribution in [-0.2, 0) is 6.61 Å². The molecule has 0 unspecified atom stereocenters. The lowest BCUT2D eigenvalue weighted by molar-refractivity contribution is 0.297. The number of ether oxygens (including phenoxy) is 1. The molecule has 140 valence electrons. The lowest BCUT2D eigenvalue weighted by Gasteiger charge is -2.07. The second kappa shape index (κ2) is 7.78. The second-order valence-electron chi connectivity index (χ2n) is 5.96. The highest BCUT2D eigenvalue weighted by molar-refractivity contribution is 6.30. The van der Waals surface area contributed by atoms with E-state index in [0.29, 0.717) is 22.5 Å². The van der Waals surface area contributed by atoms with E-state index in [1.165, 1.54) is 12.1 Å². The van der Waals surface area contributed by atoms with Crippen molar-refractivity contribution in [2.24, 2.45) is 0 Å². The molecule has 0 aliphatic heterocycles. The Morgan fingerprint density at radius 1 is 0.893 bits per heavy atom. The first-order valence-corrected chi connectivity index (χ1v) is 8.74. The molecule has 1 heterocycles. The van der Waals surface area contributed by atoms with E-state index in [2.05, 4.69) is 10.1 Å². The van der Waals surface area contributed by atoms with Crippen LogP contribution in [0, 0.1) is 11.6 Å². The molecule has 4 aromatic rings. The molecule has 0 saturated carbocycles. The lowest BCUT2D eigenvalue weighted by atomic mass is 10.2. The first-order valence-electron chi connectivity index (χ1n) is 8.36. The molecule has 0 atom stereocenters. The van der Waals surface area contributed by atoms with Crippen molar-refractivity contribution >= 4 is 11.6 Å². The number of hydrogen-bond acceptors (Lipinski definition) is 4. The first kappa shape index (κ1) is 18.1. The van der Waals surface area contributed by atoms with Crippen LogP contribution in [0.25, 0.3) is 22.8 Å². The van der Waals surface area contributed by atoms with Crippen molar-refractivity contribution in [3.63, 3.8) is 0 Å². The normalized spacial score (nSPS) is 10.8. The minimum atomic E-state index is -0.902. The van der Waals surface area contributed by atoms with Crippen LogP contribution in [0.2, 0.25) is 5.02 Å². The highest BCUT2D eigenvalue weighted by atomic mass is 35.5. The third-order valence-electron chi connectivity index (χ3n) is 4.06. The van der Waals surface area contributed by atoms with Gasteiger partial charge in [-0.2, -0.15) is 4.98 Å². The van der Waals surface area contributed by atoms with Crippen LogP contribution in [0.4, 0.5) is 8.78 Å². The zero-order valence-corrected chi connectivity index (χ0v) is 15.2. The Hall–Kier alpha value is -3.25. The molecular weight excluding hydrogens is 386 g/mol. The largest absolute Gasteiger partial charge is 0.489 e. The molecule has 0 aliphatic rings. The van der Waals surface area contributed by atoms with Crippen LogP contribution in [0.5, 0.6) is 5.75 Å². The Labute approximate surface area is 164 Å². The molecule has 0 fully saturated rings. The van der Waals surface area contributed by atoms with E-state index in [0.717, 1.165) is 17.2 Å². The minimum Gasteiger partial charge on any atom is -0.489 e. The minimum absolute atomic E-state index is 0.0775. The van der Waals surface area contributed by atoms with Gasteiger partial charge in [0.25, 0.3) is 5.89 Å². The summed E-state index contributed by atoms with van der Waals surface area (Å²) in [7, 11) is 0. The summed E-state index contributed by atoms with van der Waals surface area (Å²) in [4.78, 5) is 4.37. The van der Waals surface area contributed by atoms with Crippen molar-refractivity contribution in [2.75, 3.05) is 0 Å². The summed E-state index contributed by atoms with van der Waals surface area (Å²) >= 11 is 5.88. The fourth-order valence-corrected chi connectivity index (χ4v) is 2.70. The van der Waals surface area contributed by atoms with Crippen molar-refractivity contribution in [1.29, 1.82) is 0 Å². The fraction of sp³-hybridized carbons (Fsp3) is 0.0476. The lowest BCUT2D eigenvalue weighted by Crippen LogP contribution is -2.00. The number of aromatic nitrogens is 2. The van der Waals surface area contributed by atoms with Gasteiger partial charge >= 0.3 is 0 Å². The Morgan fingerprint density at radius 2 is 1.61 bits per heavy atom. The van der Waals surface area contributed by atoms with Crippen LogP contribution in [0.3, 0.4) is 0 Å². The maximum absolute atomic E-state index is 13.7. The molecule has 0 amide bonds. The number of hydrogen-bond donors (Lipinski definition) is 0. The number of nitrogens with zero attached hydrogens (tertiary/aromatic N) is 2. The van der Waals surface area contributed by atoms with Gasteiger partial charge in [0.15, 0.2) is 11.6 Å². The van der Waals surface area contributed by atoms with Crippen molar-refractivity contribution in [3.8, 4) is 28.6 Å². The molecular formula is C21H13ClF2N2O2. The Morgan fingerprint density at radius 3 is 2.36 bits per heavy atom. The topological polar surface area (TPSA) is 48.2 Å². The summed E-state index contributed by atoms with van der Waals surface area (Å²) in [5.41, 5.74) is 1.64. The van der Waals surface area contributed by atoms with Crippen LogP contribution >= 0.6 is 11.6 Å². The number of halogens is 3. The van der Waals surface area contributed by atoms with Gasteiger partial charge in [-0.3, -0.25) is 0 Å². The Balaban J connectivity index is 1.46. The van der Waals surface area contributed by atoms with Gasteiger partial charge in [0.1, 0.15) is 12.4 Å². The molecule has 1 aromatic heterocycles. The SMILES string of the molecule is Fc1cccc(COc2ccc(-c3noc(-c4ccc(Cl)cc4)n3)cc2)c1F. The van der Waals surface area contributed by atoms with E-state index in [4.69, 9.17) is 20.9 Å². The van der Waals surface area contributed by atoms with E-state index in [-0.39, 0.29) is 12.2 Å². The average Bonchev–Trinajstić information content (AvgIpc) is 3.20. The molecule has 0 bridgehead atoms. The smallest absolute Gasteiger partial charge is 0.258 e. The highest BCUT2D eigenvalue weighted by Gasteiger charge is 2.11. The molecule has 0 spiro atoms. The molecule has 7 heteroatoms. The van der Waals surface area contributed by atoms with Gasteiger partial charge in [-0.05, 0) is 54.6 Å². The predicted octanol–water partition coefficient (Wildman–Crippen LogP) is 5.91. The maximum atomic E-state index is 13.7. The van der Waals surface area contributed by atoms with Gasteiger partial charge in [-0.25, -0.2) is 8.78 Å². The van der Waals surface area contributed by atoms with E-state index in [1.807, 2.05) is 0 Å². The summed E-state index contributed by atoms with van der Waals surface area (Å²) in [6.07, 6.45) is 0. The molecule has 4 nitrogen and oxygen atoms in total. The predicted molar refractivity (Wildman–Crippen MR) is 101 cm³/mol. The Bertz CT molecular complexity index is 1100. The molecule has 0 saturated heterocycles. The second-order valence-corrected chi connectivity index (χ2v) is 6.39. The maximum Gasteiger partial charge on any atom is 0.258 e. The summed E-state index contributed by atoms with van der Waals surface area (Å²) in [6.45, 7) is -0.0775. The summed E-state index contributed by atoms with van der Waals surface area (Å²) in [6, 6.07) is 18.0. The zero-order valence-electron chi connectivity index (χ0n) is 14.4. The van der Waals surface area contributed by atoms with Crippen LogP contribution in [0.15, 0.2) is 71.3 Å². The van der Waals surface area contributed by atoms with Crippen molar-refractivity contribution in [2.45, 2.75) is 6.61 Å². The third kappa shape index (κ3) is 3.87. The molecule has 28 heavy (non-hydrogen) atoms.